The van der Waals surface area contributed by atoms with Gasteiger partial charge in [0.2, 0.25) is 5.91 Å². The molecule has 0 saturated heterocycles. The molecular formula is C17H21BrN4OS. The van der Waals surface area contributed by atoms with Gasteiger partial charge in [0.25, 0.3) is 0 Å². The van der Waals surface area contributed by atoms with Gasteiger partial charge in [-0.1, -0.05) is 59.7 Å². The summed E-state index contributed by atoms with van der Waals surface area (Å²) >= 11 is 4.82. The summed E-state index contributed by atoms with van der Waals surface area (Å²) in [5, 5.41) is 12.1. The number of nitrogens with zero attached hydrogens (tertiary/aromatic N) is 3. The fraction of sp³-hybridized carbons (Fsp3) is 0.353. The predicted molar refractivity (Wildman–Crippen MR) is 102 cm³/mol. The first-order chi connectivity index (χ1) is 11.5. The molecule has 1 N–H and O–H groups in total. The number of nitrogens with one attached hydrogen (secondary N) is 1. The zero-order chi connectivity index (χ0) is 17.5. The number of hydrogen-bond donors (Lipinski definition) is 1. The first kappa shape index (κ1) is 18.7. The number of hydrogen-bond acceptors (Lipinski definition) is 4. The molecular weight excluding hydrogens is 388 g/mol. The van der Waals surface area contributed by atoms with Crippen molar-refractivity contribution in [2.24, 2.45) is 5.92 Å². The van der Waals surface area contributed by atoms with Crippen molar-refractivity contribution in [3.8, 4) is 11.4 Å². The van der Waals surface area contributed by atoms with Crippen LogP contribution < -0.4 is 5.32 Å². The minimum atomic E-state index is 0.00652. The summed E-state index contributed by atoms with van der Waals surface area (Å²) in [5.41, 5.74) is 0.976. The van der Waals surface area contributed by atoms with E-state index >= 15 is 0 Å². The van der Waals surface area contributed by atoms with Crippen molar-refractivity contribution in [1.29, 1.82) is 0 Å². The summed E-state index contributed by atoms with van der Waals surface area (Å²) in [4.78, 5) is 11.9. The van der Waals surface area contributed by atoms with Crippen LogP contribution in [-0.2, 0) is 11.3 Å². The molecule has 7 heteroatoms. The molecule has 0 unspecified atom stereocenters. The van der Waals surface area contributed by atoms with E-state index < -0.39 is 0 Å². The first-order valence-corrected chi connectivity index (χ1v) is 9.48. The molecule has 2 aromatic rings. The van der Waals surface area contributed by atoms with Crippen LogP contribution in [-0.4, -0.2) is 33.0 Å². The minimum absolute atomic E-state index is 0.00652. The zero-order valence-corrected chi connectivity index (χ0v) is 16.2. The second kappa shape index (κ2) is 9.03. The van der Waals surface area contributed by atoms with Crippen molar-refractivity contribution in [1.82, 2.24) is 20.1 Å². The fourth-order valence-electron chi connectivity index (χ4n) is 2.00. The number of allylic oxidation sites excluding steroid dienone is 1. The highest BCUT2D eigenvalue weighted by molar-refractivity contribution is 9.10. The highest BCUT2D eigenvalue weighted by atomic mass is 79.9. The van der Waals surface area contributed by atoms with Crippen LogP contribution in [0.1, 0.15) is 13.8 Å². The van der Waals surface area contributed by atoms with Crippen LogP contribution in [0.2, 0.25) is 0 Å². The SMILES string of the molecule is C=CCn1c(SCC(=O)NCC(C)C)nnc1-c1ccc(Br)cc1. The number of thioether (sulfide) groups is 1. The molecule has 1 aromatic carbocycles. The summed E-state index contributed by atoms with van der Waals surface area (Å²) in [6.45, 7) is 9.21. The van der Waals surface area contributed by atoms with Crippen LogP contribution in [0.25, 0.3) is 11.4 Å². The Bertz CT molecular complexity index is 697. The Labute approximate surface area is 155 Å². The van der Waals surface area contributed by atoms with Crippen molar-refractivity contribution >= 4 is 33.6 Å². The molecule has 0 aliphatic heterocycles. The zero-order valence-electron chi connectivity index (χ0n) is 13.8. The Morgan fingerprint density at radius 1 is 1.38 bits per heavy atom. The number of aromatic nitrogens is 3. The lowest BCUT2D eigenvalue weighted by atomic mass is 10.2. The Hall–Kier alpha value is -1.60. The number of carbonyl (C=O) groups excluding carboxylic acids is 1. The van der Waals surface area contributed by atoms with E-state index in [1.807, 2.05) is 28.8 Å². The van der Waals surface area contributed by atoms with E-state index in [1.165, 1.54) is 11.8 Å². The van der Waals surface area contributed by atoms with Gasteiger partial charge in [0.05, 0.1) is 5.75 Å². The molecule has 0 bridgehead atoms. The van der Waals surface area contributed by atoms with E-state index in [4.69, 9.17) is 0 Å². The standard InChI is InChI=1S/C17H21BrN4OS/c1-4-9-22-16(13-5-7-14(18)8-6-13)20-21-17(22)24-11-15(23)19-10-12(2)3/h4-8,12H,1,9-11H2,2-3H3,(H,19,23). The summed E-state index contributed by atoms with van der Waals surface area (Å²) in [5.74, 6) is 1.54. The maximum atomic E-state index is 11.9. The second-order valence-electron chi connectivity index (χ2n) is 5.70. The number of rotatable bonds is 8. The van der Waals surface area contributed by atoms with Crippen LogP contribution in [0.4, 0.5) is 0 Å². The maximum absolute atomic E-state index is 11.9. The highest BCUT2D eigenvalue weighted by Gasteiger charge is 2.15. The molecule has 24 heavy (non-hydrogen) atoms. The summed E-state index contributed by atoms with van der Waals surface area (Å²) < 4.78 is 2.98. The Morgan fingerprint density at radius 3 is 2.71 bits per heavy atom. The molecule has 128 valence electrons. The molecule has 0 saturated carbocycles. The van der Waals surface area contributed by atoms with Gasteiger partial charge in [0.1, 0.15) is 0 Å². The van der Waals surface area contributed by atoms with Gasteiger partial charge < -0.3 is 5.32 Å². The van der Waals surface area contributed by atoms with Crippen LogP contribution in [0, 0.1) is 5.92 Å². The fourth-order valence-corrected chi connectivity index (χ4v) is 3.04. The van der Waals surface area contributed by atoms with E-state index in [0.717, 1.165) is 15.9 Å². The number of amides is 1. The van der Waals surface area contributed by atoms with Gasteiger partial charge >= 0.3 is 0 Å². The largest absolute Gasteiger partial charge is 0.355 e. The van der Waals surface area contributed by atoms with E-state index in [2.05, 4.69) is 51.9 Å². The van der Waals surface area contributed by atoms with Crippen molar-refractivity contribution in [3.05, 3.63) is 41.4 Å². The van der Waals surface area contributed by atoms with E-state index in [9.17, 15) is 4.79 Å². The molecule has 1 heterocycles. The summed E-state index contributed by atoms with van der Waals surface area (Å²) in [7, 11) is 0. The van der Waals surface area contributed by atoms with Crippen molar-refractivity contribution in [3.63, 3.8) is 0 Å². The van der Waals surface area contributed by atoms with E-state index in [1.54, 1.807) is 6.08 Å². The van der Waals surface area contributed by atoms with Crippen LogP contribution >= 0.6 is 27.7 Å². The molecule has 1 amide bonds. The number of halogens is 1. The Morgan fingerprint density at radius 2 is 2.08 bits per heavy atom. The molecule has 1 aromatic heterocycles. The Balaban J connectivity index is 2.11. The van der Waals surface area contributed by atoms with Crippen LogP contribution in [0.5, 0.6) is 0 Å². The average Bonchev–Trinajstić information content (AvgIpc) is 2.95. The monoisotopic (exact) mass is 408 g/mol. The van der Waals surface area contributed by atoms with Gasteiger partial charge in [0, 0.05) is 23.1 Å². The minimum Gasteiger partial charge on any atom is -0.355 e. The van der Waals surface area contributed by atoms with Crippen molar-refractivity contribution in [2.75, 3.05) is 12.3 Å². The molecule has 0 atom stereocenters. The molecule has 0 aliphatic rings. The lowest BCUT2D eigenvalue weighted by molar-refractivity contribution is -0.118. The maximum Gasteiger partial charge on any atom is 0.230 e. The quantitative estimate of drug-likeness (QED) is 0.533. The van der Waals surface area contributed by atoms with Gasteiger partial charge in [0.15, 0.2) is 11.0 Å². The molecule has 0 fully saturated rings. The average molecular weight is 409 g/mol. The summed E-state index contributed by atoms with van der Waals surface area (Å²) in [6.07, 6.45) is 1.80. The number of carbonyl (C=O) groups is 1. The third-order valence-electron chi connectivity index (χ3n) is 3.17. The van der Waals surface area contributed by atoms with Crippen LogP contribution in [0.15, 0.2) is 46.5 Å². The van der Waals surface area contributed by atoms with Gasteiger partial charge in [-0.2, -0.15) is 0 Å². The highest BCUT2D eigenvalue weighted by Crippen LogP contribution is 2.25. The third-order valence-corrected chi connectivity index (χ3v) is 4.67. The molecule has 2 rings (SSSR count). The van der Waals surface area contributed by atoms with Crippen LogP contribution in [0.3, 0.4) is 0 Å². The predicted octanol–water partition coefficient (Wildman–Crippen LogP) is 3.76. The number of benzene rings is 1. The lowest BCUT2D eigenvalue weighted by Crippen LogP contribution is -2.28. The van der Waals surface area contributed by atoms with Gasteiger partial charge in [-0.05, 0) is 18.1 Å². The normalized spacial score (nSPS) is 10.8. The van der Waals surface area contributed by atoms with Crippen molar-refractivity contribution in [2.45, 2.75) is 25.5 Å². The molecule has 0 aliphatic carbocycles. The first-order valence-electron chi connectivity index (χ1n) is 7.70. The van der Waals surface area contributed by atoms with Gasteiger partial charge in [-0.15, -0.1) is 16.8 Å². The smallest absolute Gasteiger partial charge is 0.230 e. The van der Waals surface area contributed by atoms with Gasteiger partial charge in [-0.25, -0.2) is 0 Å². The topological polar surface area (TPSA) is 59.8 Å². The third kappa shape index (κ3) is 5.21. The van der Waals surface area contributed by atoms with Crippen molar-refractivity contribution < 1.29 is 4.79 Å². The molecule has 5 nitrogen and oxygen atoms in total. The van der Waals surface area contributed by atoms with E-state index in [0.29, 0.717) is 29.9 Å². The molecule has 0 radical (unpaired) electrons. The summed E-state index contributed by atoms with van der Waals surface area (Å²) in [6, 6.07) is 7.90. The van der Waals surface area contributed by atoms with Gasteiger partial charge in [-0.3, -0.25) is 9.36 Å². The van der Waals surface area contributed by atoms with E-state index in [-0.39, 0.29) is 5.91 Å². The lowest BCUT2D eigenvalue weighted by Gasteiger charge is -2.09. The molecule has 0 spiro atoms. The second-order valence-corrected chi connectivity index (χ2v) is 7.56. The Kier molecular flexibility index (Phi) is 7.05.